The fraction of sp³-hybridized carbons (Fsp3) is 0.500. The van der Waals surface area contributed by atoms with Crippen molar-refractivity contribution < 1.29 is 14.3 Å². The Hall–Kier alpha value is -1.55. The summed E-state index contributed by atoms with van der Waals surface area (Å²) in [5, 5.41) is 0. The van der Waals surface area contributed by atoms with Crippen molar-refractivity contribution in [2.24, 2.45) is 0 Å². The van der Waals surface area contributed by atoms with E-state index in [-0.39, 0.29) is 5.91 Å². The van der Waals surface area contributed by atoms with Gasteiger partial charge in [-0.05, 0) is 12.1 Å². The van der Waals surface area contributed by atoms with Crippen LogP contribution in [0.15, 0.2) is 30.3 Å². The van der Waals surface area contributed by atoms with E-state index in [1.165, 1.54) is 0 Å². The van der Waals surface area contributed by atoms with E-state index in [1.807, 2.05) is 30.3 Å². The molecule has 1 aromatic rings. The molecule has 0 aromatic heterocycles. The van der Waals surface area contributed by atoms with Crippen LogP contribution in [0.5, 0.6) is 5.75 Å². The molecule has 0 N–H and O–H groups in total. The highest BCUT2D eigenvalue weighted by atomic mass is 16.5. The topological polar surface area (TPSA) is 38.8 Å². The summed E-state index contributed by atoms with van der Waals surface area (Å²) < 4.78 is 10.9. The van der Waals surface area contributed by atoms with Gasteiger partial charge in [0.25, 0.3) is 0 Å². The zero-order valence-corrected chi connectivity index (χ0v) is 11.1. The molecule has 0 spiro atoms. The summed E-state index contributed by atoms with van der Waals surface area (Å²) in [6, 6.07) is 9.70. The molecule has 0 radical (unpaired) electrons. The fourth-order valence-corrected chi connectivity index (χ4v) is 1.35. The van der Waals surface area contributed by atoms with Crippen molar-refractivity contribution in [3.63, 3.8) is 0 Å². The van der Waals surface area contributed by atoms with Crippen LogP contribution in [0.1, 0.15) is 12.8 Å². The lowest BCUT2D eigenvalue weighted by Crippen LogP contribution is -2.23. The molecule has 0 saturated heterocycles. The third-order valence-corrected chi connectivity index (χ3v) is 2.40. The van der Waals surface area contributed by atoms with Crippen molar-refractivity contribution in [2.75, 3.05) is 33.9 Å². The second-order valence-electron chi connectivity index (χ2n) is 4.17. The first kappa shape index (κ1) is 14.5. The molecule has 0 unspecified atom stereocenters. The lowest BCUT2D eigenvalue weighted by molar-refractivity contribution is -0.129. The Morgan fingerprint density at radius 3 is 2.50 bits per heavy atom. The number of carbonyl (C=O) groups is 1. The molecule has 4 nitrogen and oxygen atoms in total. The molecule has 0 bridgehead atoms. The van der Waals surface area contributed by atoms with E-state index in [0.717, 1.165) is 12.2 Å². The van der Waals surface area contributed by atoms with Crippen LogP contribution in [-0.2, 0) is 9.53 Å². The van der Waals surface area contributed by atoms with E-state index in [9.17, 15) is 4.79 Å². The molecule has 0 fully saturated rings. The van der Waals surface area contributed by atoms with Gasteiger partial charge in [-0.25, -0.2) is 0 Å². The van der Waals surface area contributed by atoms with Crippen LogP contribution in [-0.4, -0.2) is 44.7 Å². The van der Waals surface area contributed by atoms with E-state index in [0.29, 0.717) is 26.2 Å². The lowest BCUT2D eigenvalue weighted by atomic mass is 10.3. The van der Waals surface area contributed by atoms with Crippen molar-refractivity contribution in [3.8, 4) is 5.75 Å². The van der Waals surface area contributed by atoms with E-state index in [2.05, 4.69) is 0 Å². The van der Waals surface area contributed by atoms with Crippen LogP contribution in [0.25, 0.3) is 0 Å². The van der Waals surface area contributed by atoms with Gasteiger partial charge in [-0.1, -0.05) is 18.2 Å². The van der Waals surface area contributed by atoms with E-state index in [1.54, 1.807) is 19.0 Å². The molecule has 1 amide bonds. The van der Waals surface area contributed by atoms with Gasteiger partial charge in [-0.3, -0.25) is 4.79 Å². The van der Waals surface area contributed by atoms with Gasteiger partial charge < -0.3 is 14.4 Å². The Balaban J connectivity index is 1.95. The van der Waals surface area contributed by atoms with Gasteiger partial charge in [0.15, 0.2) is 0 Å². The first-order valence-electron chi connectivity index (χ1n) is 6.16. The number of para-hydroxylation sites is 1. The third kappa shape index (κ3) is 6.25. The van der Waals surface area contributed by atoms with E-state index >= 15 is 0 Å². The second kappa shape index (κ2) is 8.53. The van der Waals surface area contributed by atoms with Crippen molar-refractivity contribution in [3.05, 3.63) is 30.3 Å². The van der Waals surface area contributed by atoms with Crippen LogP contribution in [0, 0.1) is 0 Å². The van der Waals surface area contributed by atoms with Gasteiger partial charge >= 0.3 is 0 Å². The predicted molar refractivity (Wildman–Crippen MR) is 70.7 cm³/mol. The molecule has 18 heavy (non-hydrogen) atoms. The van der Waals surface area contributed by atoms with Crippen LogP contribution in [0.2, 0.25) is 0 Å². The molecule has 4 heteroatoms. The van der Waals surface area contributed by atoms with Gasteiger partial charge in [0, 0.05) is 27.1 Å². The van der Waals surface area contributed by atoms with Gasteiger partial charge in [-0.2, -0.15) is 0 Å². The molecule has 0 aliphatic rings. The zero-order valence-electron chi connectivity index (χ0n) is 11.1. The zero-order chi connectivity index (χ0) is 13.2. The number of hydrogen-bond acceptors (Lipinski definition) is 3. The van der Waals surface area contributed by atoms with Gasteiger partial charge in [0.2, 0.25) is 5.91 Å². The first-order chi connectivity index (χ1) is 8.70. The lowest BCUT2D eigenvalue weighted by Gasteiger charge is -2.10. The summed E-state index contributed by atoms with van der Waals surface area (Å²) >= 11 is 0. The molecule has 1 rings (SSSR count). The number of nitrogens with zero attached hydrogens (tertiary/aromatic N) is 1. The predicted octanol–water partition coefficient (Wildman–Crippen LogP) is 1.95. The summed E-state index contributed by atoms with van der Waals surface area (Å²) in [7, 11) is 3.49. The van der Waals surface area contributed by atoms with Gasteiger partial charge in [0.05, 0.1) is 19.6 Å². The number of ether oxygens (including phenoxy) is 2. The maximum absolute atomic E-state index is 11.2. The number of benzene rings is 1. The Kier molecular flexibility index (Phi) is 6.87. The molecule has 0 atom stereocenters. The second-order valence-corrected chi connectivity index (χ2v) is 4.17. The maximum Gasteiger partial charge on any atom is 0.224 e. The van der Waals surface area contributed by atoms with Crippen molar-refractivity contribution in [1.29, 1.82) is 0 Å². The number of carbonyl (C=O) groups excluding carboxylic acids is 1. The summed E-state index contributed by atoms with van der Waals surface area (Å²) in [5.41, 5.74) is 0. The summed E-state index contributed by atoms with van der Waals surface area (Å²) in [6.07, 6.45) is 1.26. The summed E-state index contributed by atoms with van der Waals surface area (Å²) in [4.78, 5) is 12.8. The minimum Gasteiger partial charge on any atom is -0.494 e. The Morgan fingerprint density at radius 1 is 1.11 bits per heavy atom. The minimum absolute atomic E-state index is 0.0931. The van der Waals surface area contributed by atoms with Crippen molar-refractivity contribution >= 4 is 5.91 Å². The Labute approximate surface area is 108 Å². The molecule has 1 aromatic carbocycles. The summed E-state index contributed by atoms with van der Waals surface area (Å²) in [6.45, 7) is 1.72. The van der Waals surface area contributed by atoms with Gasteiger partial charge in [-0.15, -0.1) is 0 Å². The molecule has 0 aliphatic carbocycles. The molecule has 0 heterocycles. The Bertz CT molecular complexity index is 338. The smallest absolute Gasteiger partial charge is 0.224 e. The quantitative estimate of drug-likeness (QED) is 0.663. The largest absolute Gasteiger partial charge is 0.494 e. The minimum atomic E-state index is 0.0931. The first-order valence-corrected chi connectivity index (χ1v) is 6.16. The molecular weight excluding hydrogens is 230 g/mol. The fourth-order valence-electron chi connectivity index (χ4n) is 1.35. The van der Waals surface area contributed by atoms with Crippen molar-refractivity contribution in [2.45, 2.75) is 12.8 Å². The highest BCUT2D eigenvalue weighted by molar-refractivity contribution is 5.75. The van der Waals surface area contributed by atoms with Gasteiger partial charge in [0.1, 0.15) is 5.75 Å². The van der Waals surface area contributed by atoms with Crippen molar-refractivity contribution in [1.82, 2.24) is 4.90 Å². The SMILES string of the molecule is CN(C)C(=O)CCOCCCOc1ccccc1. The summed E-state index contributed by atoms with van der Waals surface area (Å²) in [5.74, 6) is 0.968. The van der Waals surface area contributed by atoms with Crippen LogP contribution >= 0.6 is 0 Å². The Morgan fingerprint density at radius 2 is 1.83 bits per heavy atom. The van der Waals surface area contributed by atoms with E-state index < -0.39 is 0 Å². The van der Waals surface area contributed by atoms with Crippen LogP contribution < -0.4 is 4.74 Å². The number of amides is 1. The molecule has 0 aliphatic heterocycles. The highest BCUT2D eigenvalue weighted by Crippen LogP contribution is 2.08. The average Bonchev–Trinajstić information content (AvgIpc) is 2.38. The van der Waals surface area contributed by atoms with Crippen LogP contribution in [0.3, 0.4) is 0 Å². The average molecular weight is 251 g/mol. The van der Waals surface area contributed by atoms with E-state index in [4.69, 9.17) is 9.47 Å². The third-order valence-electron chi connectivity index (χ3n) is 2.40. The van der Waals surface area contributed by atoms with Crippen LogP contribution in [0.4, 0.5) is 0 Å². The molecule has 0 saturated carbocycles. The molecule has 100 valence electrons. The maximum atomic E-state index is 11.2. The number of rotatable bonds is 8. The monoisotopic (exact) mass is 251 g/mol. The normalized spacial score (nSPS) is 10.1. The molecular formula is C14H21NO3. The standard InChI is InChI=1S/C14H21NO3/c1-15(2)14(16)9-12-17-10-6-11-18-13-7-4-3-5-8-13/h3-5,7-8H,6,9-12H2,1-2H3. The highest BCUT2D eigenvalue weighted by Gasteiger charge is 2.02. The number of hydrogen-bond donors (Lipinski definition) is 0.